The number of nitrogens with one attached hydrogen (secondary N) is 2. The number of morpholine rings is 1. The van der Waals surface area contributed by atoms with E-state index in [1.807, 2.05) is 18.7 Å². The predicted octanol–water partition coefficient (Wildman–Crippen LogP) is 0.727. The van der Waals surface area contributed by atoms with E-state index in [1.54, 1.807) is 0 Å². The van der Waals surface area contributed by atoms with Crippen molar-refractivity contribution in [1.82, 2.24) is 20.4 Å². The van der Waals surface area contributed by atoms with Crippen LogP contribution in [0.1, 0.15) is 35.6 Å². The van der Waals surface area contributed by atoms with E-state index in [-0.39, 0.29) is 30.4 Å². The molecule has 2 aliphatic heterocycles. The average Bonchev–Trinajstić information content (AvgIpc) is 2.82. The number of carbonyl (C=O) groups excluding carboxylic acids is 1. The summed E-state index contributed by atoms with van der Waals surface area (Å²) in [5.41, 5.74) is 2.70. The van der Waals surface area contributed by atoms with E-state index in [1.165, 1.54) is 0 Å². The number of rotatable bonds is 1. The molecule has 0 radical (unpaired) electrons. The second kappa shape index (κ2) is 6.11. The van der Waals surface area contributed by atoms with Crippen LogP contribution in [0.3, 0.4) is 0 Å². The Morgan fingerprint density at radius 2 is 2.05 bits per heavy atom. The van der Waals surface area contributed by atoms with Crippen molar-refractivity contribution < 1.29 is 9.53 Å². The topological polar surface area (TPSA) is 70.2 Å². The summed E-state index contributed by atoms with van der Waals surface area (Å²) in [6.07, 6.45) is 0.907. The van der Waals surface area contributed by atoms with Crippen molar-refractivity contribution in [2.24, 2.45) is 0 Å². The summed E-state index contributed by atoms with van der Waals surface area (Å²) in [6.45, 7) is 6.89. The third kappa shape index (κ3) is 2.55. The third-order valence-corrected chi connectivity index (χ3v) is 3.91. The lowest BCUT2D eigenvalue weighted by atomic mass is 10.0. The zero-order valence-electron chi connectivity index (χ0n) is 11.8. The SMILES string of the molecule is CC1COCC(C)N1C(=O)c1n[nH]c2c1CNCC2.Cl. The highest BCUT2D eigenvalue weighted by Crippen LogP contribution is 2.21. The molecule has 1 fully saturated rings. The summed E-state index contributed by atoms with van der Waals surface area (Å²) in [5.74, 6) is 0.0181. The van der Waals surface area contributed by atoms with Crippen molar-refractivity contribution in [3.63, 3.8) is 0 Å². The molecule has 1 amide bonds. The van der Waals surface area contributed by atoms with Crippen LogP contribution in [0.4, 0.5) is 0 Å². The van der Waals surface area contributed by atoms with E-state index in [0.717, 1.165) is 30.8 Å². The van der Waals surface area contributed by atoms with Crippen molar-refractivity contribution in [2.45, 2.75) is 38.9 Å². The van der Waals surface area contributed by atoms with Gasteiger partial charge in [0.1, 0.15) is 0 Å². The number of carbonyl (C=O) groups is 1. The van der Waals surface area contributed by atoms with E-state index in [9.17, 15) is 4.79 Å². The van der Waals surface area contributed by atoms with Crippen molar-refractivity contribution in [3.05, 3.63) is 17.0 Å². The second-order valence-corrected chi connectivity index (χ2v) is 5.40. The van der Waals surface area contributed by atoms with Crippen LogP contribution in [0.25, 0.3) is 0 Å². The van der Waals surface area contributed by atoms with Crippen molar-refractivity contribution >= 4 is 18.3 Å². The first-order chi connectivity index (χ1) is 9.18. The minimum Gasteiger partial charge on any atom is -0.377 e. The molecule has 0 bridgehead atoms. The van der Waals surface area contributed by atoms with Crippen molar-refractivity contribution in [3.8, 4) is 0 Å². The first-order valence-corrected chi connectivity index (χ1v) is 6.85. The van der Waals surface area contributed by atoms with Gasteiger partial charge in [-0.1, -0.05) is 0 Å². The fourth-order valence-corrected chi connectivity index (χ4v) is 2.93. The van der Waals surface area contributed by atoms with Gasteiger partial charge in [-0.25, -0.2) is 0 Å². The largest absolute Gasteiger partial charge is 0.377 e. The molecule has 2 N–H and O–H groups in total. The van der Waals surface area contributed by atoms with Gasteiger partial charge in [-0.15, -0.1) is 12.4 Å². The lowest BCUT2D eigenvalue weighted by Crippen LogP contribution is -2.52. The normalized spacial score (nSPS) is 25.8. The Balaban J connectivity index is 0.00000147. The summed E-state index contributed by atoms with van der Waals surface area (Å²) in [7, 11) is 0. The number of aromatic amines is 1. The molecule has 0 spiro atoms. The van der Waals surface area contributed by atoms with Crippen LogP contribution in [-0.4, -0.2) is 52.8 Å². The minimum atomic E-state index is 0. The standard InChI is InChI=1S/C13H20N4O2.ClH/c1-8-6-19-7-9(2)17(8)13(18)12-10-5-14-4-3-11(10)15-16-12;/h8-9,14H,3-7H2,1-2H3,(H,15,16);1H. The number of amides is 1. The Morgan fingerprint density at radius 1 is 1.35 bits per heavy atom. The summed E-state index contributed by atoms with van der Waals surface area (Å²) in [5, 5.41) is 10.5. The lowest BCUT2D eigenvalue weighted by Gasteiger charge is -2.38. The van der Waals surface area contributed by atoms with E-state index in [4.69, 9.17) is 4.74 Å². The van der Waals surface area contributed by atoms with E-state index in [0.29, 0.717) is 18.9 Å². The molecule has 6 nitrogen and oxygen atoms in total. The average molecular weight is 301 g/mol. The molecule has 0 saturated carbocycles. The fourth-order valence-electron chi connectivity index (χ4n) is 2.93. The van der Waals surface area contributed by atoms with Crippen LogP contribution in [0, 0.1) is 0 Å². The molecule has 112 valence electrons. The molecule has 1 aromatic heterocycles. The van der Waals surface area contributed by atoms with E-state index in [2.05, 4.69) is 15.5 Å². The molecule has 2 aliphatic rings. The lowest BCUT2D eigenvalue weighted by molar-refractivity contribution is -0.0252. The highest BCUT2D eigenvalue weighted by atomic mass is 35.5. The highest BCUT2D eigenvalue weighted by Gasteiger charge is 2.33. The maximum Gasteiger partial charge on any atom is 0.275 e. The maximum atomic E-state index is 12.7. The van der Waals surface area contributed by atoms with Crippen LogP contribution in [0.15, 0.2) is 0 Å². The van der Waals surface area contributed by atoms with E-state index < -0.39 is 0 Å². The predicted molar refractivity (Wildman–Crippen MR) is 77.2 cm³/mol. The fraction of sp³-hybridized carbons (Fsp3) is 0.692. The van der Waals surface area contributed by atoms with Crippen LogP contribution >= 0.6 is 12.4 Å². The Kier molecular flexibility index (Phi) is 4.67. The highest BCUT2D eigenvalue weighted by molar-refractivity contribution is 5.94. The molecule has 2 atom stereocenters. The molecule has 1 saturated heterocycles. The van der Waals surface area contributed by atoms with Crippen molar-refractivity contribution in [2.75, 3.05) is 19.8 Å². The van der Waals surface area contributed by atoms with Crippen molar-refractivity contribution in [1.29, 1.82) is 0 Å². The maximum absolute atomic E-state index is 12.7. The minimum absolute atomic E-state index is 0. The van der Waals surface area contributed by atoms with Crippen LogP contribution < -0.4 is 5.32 Å². The quantitative estimate of drug-likeness (QED) is 0.802. The van der Waals surface area contributed by atoms with Gasteiger partial charge < -0.3 is 15.0 Å². The zero-order valence-corrected chi connectivity index (χ0v) is 12.6. The number of aromatic nitrogens is 2. The Morgan fingerprint density at radius 3 is 2.75 bits per heavy atom. The molecule has 0 aromatic carbocycles. The molecular formula is C13H21ClN4O2. The number of hydrogen-bond acceptors (Lipinski definition) is 4. The summed E-state index contributed by atoms with van der Waals surface area (Å²) in [4.78, 5) is 14.6. The smallest absolute Gasteiger partial charge is 0.275 e. The number of hydrogen-bond donors (Lipinski definition) is 2. The Labute approximate surface area is 124 Å². The Bertz CT molecular complexity index is 481. The van der Waals surface area contributed by atoms with Gasteiger partial charge >= 0.3 is 0 Å². The first-order valence-electron chi connectivity index (χ1n) is 6.85. The van der Waals surface area contributed by atoms with Gasteiger partial charge in [-0.3, -0.25) is 9.89 Å². The molecule has 0 aliphatic carbocycles. The number of fused-ring (bicyclic) bond motifs is 1. The monoisotopic (exact) mass is 300 g/mol. The molecule has 2 unspecified atom stereocenters. The van der Waals surface area contributed by atoms with Gasteiger partial charge in [-0.2, -0.15) is 5.10 Å². The van der Waals surface area contributed by atoms with Gasteiger partial charge in [0.15, 0.2) is 5.69 Å². The second-order valence-electron chi connectivity index (χ2n) is 5.40. The summed E-state index contributed by atoms with van der Waals surface area (Å²) in [6, 6.07) is 0.195. The van der Waals surface area contributed by atoms with Gasteiger partial charge in [0.2, 0.25) is 0 Å². The number of ether oxygens (including phenoxy) is 1. The van der Waals surface area contributed by atoms with Gasteiger partial charge in [0.25, 0.3) is 5.91 Å². The van der Waals surface area contributed by atoms with Crippen LogP contribution in [-0.2, 0) is 17.7 Å². The van der Waals surface area contributed by atoms with Crippen LogP contribution in [0.2, 0.25) is 0 Å². The molecule has 7 heteroatoms. The molecular weight excluding hydrogens is 280 g/mol. The zero-order chi connectivity index (χ0) is 13.4. The number of nitrogens with zero attached hydrogens (tertiary/aromatic N) is 2. The summed E-state index contributed by atoms with van der Waals surface area (Å²) >= 11 is 0. The first kappa shape index (κ1) is 15.3. The molecule has 3 rings (SSSR count). The molecule has 1 aromatic rings. The van der Waals surface area contributed by atoms with E-state index >= 15 is 0 Å². The van der Waals surface area contributed by atoms with Crippen LogP contribution in [0.5, 0.6) is 0 Å². The molecule has 3 heterocycles. The van der Waals surface area contributed by atoms with Gasteiger partial charge in [0, 0.05) is 30.8 Å². The van der Waals surface area contributed by atoms with Gasteiger partial charge in [-0.05, 0) is 13.8 Å². The van der Waals surface area contributed by atoms with Gasteiger partial charge in [0.05, 0.1) is 25.3 Å². The number of halogens is 1. The third-order valence-electron chi connectivity index (χ3n) is 3.91. The number of H-pyrrole nitrogens is 1. The molecule has 20 heavy (non-hydrogen) atoms. The summed E-state index contributed by atoms with van der Waals surface area (Å²) < 4.78 is 5.47. The Hall–Kier alpha value is -1.11.